The van der Waals surface area contributed by atoms with E-state index in [2.05, 4.69) is 0 Å². The molecule has 0 radical (unpaired) electrons. The van der Waals surface area contributed by atoms with Gasteiger partial charge < -0.3 is 10.8 Å². The first-order valence-electron chi connectivity index (χ1n) is 2.82. The summed E-state index contributed by atoms with van der Waals surface area (Å²) in [5.41, 5.74) is 5.18. The number of aliphatic hydroxyl groups is 1. The molecule has 0 bridgehead atoms. The Hall–Kier alpha value is -0.900. The van der Waals surface area contributed by atoms with Crippen molar-refractivity contribution >= 4 is 0 Å². The monoisotopic (exact) mass is 147 g/mol. The van der Waals surface area contributed by atoms with Gasteiger partial charge in [-0.05, 0) is 6.08 Å². The van der Waals surface area contributed by atoms with Crippen molar-refractivity contribution in [2.75, 3.05) is 0 Å². The molecule has 0 heterocycles. The summed E-state index contributed by atoms with van der Waals surface area (Å²) in [6, 6.07) is -0.657. The highest BCUT2D eigenvalue weighted by Gasteiger charge is 2.19. The minimum atomic E-state index is -0.976. The summed E-state index contributed by atoms with van der Waals surface area (Å²) in [4.78, 5) is 0. The van der Waals surface area contributed by atoms with Crippen molar-refractivity contribution in [3.05, 3.63) is 23.5 Å². The lowest BCUT2D eigenvalue weighted by Crippen LogP contribution is -2.20. The molecular weight excluding hydrogens is 140 g/mol. The Bertz CT molecular complexity index is 210. The van der Waals surface area contributed by atoms with Gasteiger partial charge in [-0.3, -0.25) is 0 Å². The number of hydrogen-bond acceptors (Lipinski definition) is 2. The molecule has 0 saturated heterocycles. The van der Waals surface area contributed by atoms with Crippen LogP contribution in [0.3, 0.4) is 0 Å². The van der Waals surface area contributed by atoms with Crippen molar-refractivity contribution in [3.63, 3.8) is 0 Å². The highest BCUT2D eigenvalue weighted by Crippen LogP contribution is 2.23. The van der Waals surface area contributed by atoms with Gasteiger partial charge >= 0.3 is 0 Å². The minimum absolute atomic E-state index is 0.126. The number of nitrogens with two attached hydrogens (primary N) is 1. The Morgan fingerprint density at radius 3 is 2.70 bits per heavy atom. The van der Waals surface area contributed by atoms with Crippen molar-refractivity contribution in [2.45, 2.75) is 12.5 Å². The summed E-state index contributed by atoms with van der Waals surface area (Å²) in [5, 5.41) is 8.57. The van der Waals surface area contributed by atoms with Crippen LogP contribution in [0.25, 0.3) is 0 Å². The molecule has 10 heavy (non-hydrogen) atoms. The number of allylic oxidation sites excluding steroid dienone is 1. The summed E-state index contributed by atoms with van der Waals surface area (Å²) in [5.74, 6) is -2.77. The fraction of sp³-hybridized carbons (Fsp3) is 0.333. The summed E-state index contributed by atoms with van der Waals surface area (Å²) in [6.07, 6.45) is 0.859. The second-order valence-electron chi connectivity index (χ2n) is 2.14. The minimum Gasteiger partial charge on any atom is -0.503 e. The van der Waals surface area contributed by atoms with Gasteiger partial charge in [0.1, 0.15) is 5.83 Å². The van der Waals surface area contributed by atoms with Crippen LogP contribution in [0.1, 0.15) is 6.42 Å². The van der Waals surface area contributed by atoms with Crippen LogP contribution in [0.4, 0.5) is 8.78 Å². The zero-order valence-electron chi connectivity index (χ0n) is 5.14. The fourth-order valence-electron chi connectivity index (χ4n) is 0.759. The molecule has 0 aromatic heterocycles. The number of rotatable bonds is 0. The molecule has 0 aromatic rings. The van der Waals surface area contributed by atoms with E-state index in [0.29, 0.717) is 0 Å². The predicted molar refractivity (Wildman–Crippen MR) is 32.5 cm³/mol. The zero-order chi connectivity index (χ0) is 7.72. The predicted octanol–water partition coefficient (Wildman–Crippen LogP) is 1.31. The quantitative estimate of drug-likeness (QED) is 0.542. The van der Waals surface area contributed by atoms with E-state index in [9.17, 15) is 8.78 Å². The molecule has 1 atom stereocenters. The van der Waals surface area contributed by atoms with E-state index < -0.39 is 23.5 Å². The van der Waals surface area contributed by atoms with E-state index >= 15 is 0 Å². The van der Waals surface area contributed by atoms with Crippen LogP contribution in [-0.4, -0.2) is 11.1 Å². The van der Waals surface area contributed by atoms with Crippen LogP contribution in [0, 0.1) is 0 Å². The maximum atomic E-state index is 12.3. The maximum absolute atomic E-state index is 12.3. The molecule has 1 aliphatic carbocycles. The third-order valence-corrected chi connectivity index (χ3v) is 1.26. The Morgan fingerprint density at radius 2 is 2.20 bits per heavy atom. The van der Waals surface area contributed by atoms with Gasteiger partial charge in [0.25, 0.3) is 0 Å². The van der Waals surface area contributed by atoms with Gasteiger partial charge in [0.05, 0.1) is 0 Å². The van der Waals surface area contributed by atoms with Crippen LogP contribution < -0.4 is 5.73 Å². The lowest BCUT2D eigenvalue weighted by molar-refractivity contribution is 0.343. The molecule has 1 unspecified atom stereocenters. The van der Waals surface area contributed by atoms with Crippen LogP contribution >= 0.6 is 0 Å². The van der Waals surface area contributed by atoms with Gasteiger partial charge in [-0.25, -0.2) is 8.78 Å². The average Bonchev–Trinajstić information content (AvgIpc) is 1.82. The topological polar surface area (TPSA) is 46.2 Å². The van der Waals surface area contributed by atoms with E-state index in [4.69, 9.17) is 10.8 Å². The standard InChI is InChI=1S/C6H7F2NO/c7-4-1-3(9)2-5(8)6(4)10/h1,3,10H,2,9H2. The molecule has 0 fully saturated rings. The van der Waals surface area contributed by atoms with Crippen molar-refractivity contribution < 1.29 is 13.9 Å². The van der Waals surface area contributed by atoms with E-state index in [0.717, 1.165) is 6.08 Å². The Morgan fingerprint density at radius 1 is 1.60 bits per heavy atom. The second kappa shape index (κ2) is 2.38. The van der Waals surface area contributed by atoms with Gasteiger partial charge in [-0.15, -0.1) is 0 Å². The smallest absolute Gasteiger partial charge is 0.183 e. The molecule has 2 nitrogen and oxygen atoms in total. The van der Waals surface area contributed by atoms with Crippen molar-refractivity contribution in [3.8, 4) is 0 Å². The largest absolute Gasteiger partial charge is 0.503 e. The molecule has 0 saturated carbocycles. The van der Waals surface area contributed by atoms with Crippen molar-refractivity contribution in [1.82, 2.24) is 0 Å². The lowest BCUT2D eigenvalue weighted by Gasteiger charge is -2.11. The van der Waals surface area contributed by atoms with Gasteiger partial charge in [-0.1, -0.05) is 0 Å². The maximum Gasteiger partial charge on any atom is 0.183 e. The molecule has 3 N–H and O–H groups in total. The van der Waals surface area contributed by atoms with E-state index in [1.54, 1.807) is 0 Å². The highest BCUT2D eigenvalue weighted by molar-refractivity contribution is 5.28. The van der Waals surface area contributed by atoms with E-state index in [1.807, 2.05) is 0 Å². The van der Waals surface area contributed by atoms with Crippen LogP contribution in [0.15, 0.2) is 23.5 Å². The molecule has 1 aliphatic rings. The summed E-state index contributed by atoms with van der Waals surface area (Å²) < 4.78 is 24.7. The van der Waals surface area contributed by atoms with Gasteiger partial charge in [0.2, 0.25) is 0 Å². The summed E-state index contributed by atoms with van der Waals surface area (Å²) in [7, 11) is 0. The first kappa shape index (κ1) is 7.21. The zero-order valence-corrected chi connectivity index (χ0v) is 5.14. The molecule has 4 heteroatoms. The lowest BCUT2D eigenvalue weighted by atomic mass is 10.1. The number of hydrogen-bond donors (Lipinski definition) is 2. The molecule has 0 spiro atoms. The van der Waals surface area contributed by atoms with Crippen LogP contribution in [0.5, 0.6) is 0 Å². The molecule has 0 amide bonds. The van der Waals surface area contributed by atoms with Crippen molar-refractivity contribution in [2.24, 2.45) is 5.73 Å². The Labute approximate surface area is 56.6 Å². The van der Waals surface area contributed by atoms with Crippen LogP contribution in [-0.2, 0) is 0 Å². The van der Waals surface area contributed by atoms with Gasteiger partial charge in [0.15, 0.2) is 11.6 Å². The normalized spacial score (nSPS) is 26.7. The van der Waals surface area contributed by atoms with Gasteiger partial charge in [0, 0.05) is 12.5 Å². The van der Waals surface area contributed by atoms with E-state index in [1.165, 1.54) is 0 Å². The third kappa shape index (κ3) is 1.16. The average molecular weight is 147 g/mol. The molecule has 56 valence electrons. The highest BCUT2D eigenvalue weighted by atomic mass is 19.1. The Kier molecular flexibility index (Phi) is 1.72. The number of halogens is 2. The van der Waals surface area contributed by atoms with Gasteiger partial charge in [-0.2, -0.15) is 0 Å². The second-order valence-corrected chi connectivity index (χ2v) is 2.14. The molecule has 0 aromatic carbocycles. The van der Waals surface area contributed by atoms with Crippen molar-refractivity contribution in [1.29, 1.82) is 0 Å². The molecule has 1 rings (SSSR count). The van der Waals surface area contributed by atoms with E-state index in [-0.39, 0.29) is 6.42 Å². The first-order chi connectivity index (χ1) is 4.61. The third-order valence-electron chi connectivity index (χ3n) is 1.26. The Balaban J connectivity index is 2.90. The SMILES string of the molecule is NC1C=C(F)C(O)=C(F)C1. The first-order valence-corrected chi connectivity index (χ1v) is 2.82. The summed E-state index contributed by atoms with van der Waals surface area (Å²) in [6.45, 7) is 0. The number of aliphatic hydroxyl groups excluding tert-OH is 1. The molecular formula is C6H7F2NO. The molecule has 0 aliphatic heterocycles. The summed E-state index contributed by atoms with van der Waals surface area (Å²) >= 11 is 0. The fourth-order valence-corrected chi connectivity index (χ4v) is 0.759. The van der Waals surface area contributed by atoms with Crippen LogP contribution in [0.2, 0.25) is 0 Å².